The van der Waals surface area contributed by atoms with Crippen molar-refractivity contribution in [3.05, 3.63) is 89.2 Å². The van der Waals surface area contributed by atoms with Gasteiger partial charge < -0.3 is 14.8 Å². The minimum Gasteiger partial charge on any atom is -0.487 e. The summed E-state index contributed by atoms with van der Waals surface area (Å²) in [5.74, 6) is 1.09. The zero-order valence-electron chi connectivity index (χ0n) is 16.4. The molecule has 0 atom stereocenters. The zero-order valence-corrected chi connectivity index (χ0v) is 17.1. The van der Waals surface area contributed by atoms with E-state index >= 15 is 0 Å². The van der Waals surface area contributed by atoms with Crippen LogP contribution >= 0.6 is 11.6 Å². The van der Waals surface area contributed by atoms with Gasteiger partial charge >= 0.3 is 0 Å². The molecular formula is C23H23ClN2O3. The van der Waals surface area contributed by atoms with Crippen molar-refractivity contribution < 1.29 is 14.3 Å². The molecule has 3 aromatic rings. The first-order valence-corrected chi connectivity index (χ1v) is 9.65. The number of rotatable bonds is 8. The molecular weight excluding hydrogens is 388 g/mol. The second-order valence-corrected chi connectivity index (χ2v) is 7.44. The summed E-state index contributed by atoms with van der Waals surface area (Å²) in [4.78, 5) is 16.8. The third-order valence-corrected chi connectivity index (χ3v) is 4.45. The van der Waals surface area contributed by atoms with E-state index in [4.69, 9.17) is 21.1 Å². The molecule has 0 aliphatic carbocycles. The molecule has 1 N–H and O–H groups in total. The minimum atomic E-state index is -1.03. The summed E-state index contributed by atoms with van der Waals surface area (Å²) in [6.07, 6.45) is 1.73. The molecule has 1 aromatic heterocycles. The Morgan fingerprint density at radius 3 is 2.55 bits per heavy atom. The summed E-state index contributed by atoms with van der Waals surface area (Å²) >= 11 is 5.88. The van der Waals surface area contributed by atoms with Crippen LogP contribution in [0.5, 0.6) is 11.5 Å². The van der Waals surface area contributed by atoms with Gasteiger partial charge in [-0.15, -0.1) is 0 Å². The molecule has 0 unspecified atom stereocenters. The van der Waals surface area contributed by atoms with E-state index < -0.39 is 5.60 Å². The van der Waals surface area contributed by atoms with Crippen molar-refractivity contribution in [1.29, 1.82) is 0 Å². The number of hydrogen-bond acceptors (Lipinski definition) is 4. The molecule has 2 aromatic carbocycles. The average Bonchev–Trinajstić information content (AvgIpc) is 2.73. The first kappa shape index (κ1) is 20.7. The minimum absolute atomic E-state index is 0.216. The molecule has 150 valence electrons. The molecule has 3 rings (SSSR count). The van der Waals surface area contributed by atoms with Crippen LogP contribution in [0.1, 0.15) is 25.1 Å². The van der Waals surface area contributed by atoms with Crippen molar-refractivity contribution in [2.45, 2.75) is 32.6 Å². The van der Waals surface area contributed by atoms with E-state index in [2.05, 4.69) is 10.3 Å². The Bertz CT molecular complexity index is 944. The monoisotopic (exact) mass is 410 g/mol. The highest BCUT2D eigenvalue weighted by Gasteiger charge is 2.29. The smallest absolute Gasteiger partial charge is 0.263 e. The van der Waals surface area contributed by atoms with Crippen LogP contribution in [0, 0.1) is 0 Å². The van der Waals surface area contributed by atoms with Crippen molar-refractivity contribution in [2.75, 3.05) is 0 Å². The third kappa shape index (κ3) is 6.22. The van der Waals surface area contributed by atoms with Gasteiger partial charge in [-0.2, -0.15) is 0 Å². The van der Waals surface area contributed by atoms with Crippen molar-refractivity contribution in [3.63, 3.8) is 0 Å². The van der Waals surface area contributed by atoms with Gasteiger partial charge in [-0.1, -0.05) is 29.8 Å². The molecule has 6 heteroatoms. The van der Waals surface area contributed by atoms with Crippen LogP contribution < -0.4 is 14.8 Å². The van der Waals surface area contributed by atoms with Crippen molar-refractivity contribution in [3.8, 4) is 11.5 Å². The summed E-state index contributed by atoms with van der Waals surface area (Å²) in [5.41, 5.74) is 0.757. The molecule has 0 fully saturated rings. The summed E-state index contributed by atoms with van der Waals surface area (Å²) in [6.45, 7) is 4.21. The van der Waals surface area contributed by atoms with Gasteiger partial charge in [-0.25, -0.2) is 0 Å². The van der Waals surface area contributed by atoms with Crippen LogP contribution in [-0.4, -0.2) is 16.5 Å². The first-order valence-electron chi connectivity index (χ1n) is 9.27. The van der Waals surface area contributed by atoms with E-state index in [9.17, 15) is 4.79 Å². The maximum atomic E-state index is 12.6. The van der Waals surface area contributed by atoms with E-state index in [1.807, 2.05) is 42.5 Å². The predicted octanol–water partition coefficient (Wildman–Crippen LogP) is 4.79. The summed E-state index contributed by atoms with van der Waals surface area (Å²) in [6, 6.07) is 20.2. The van der Waals surface area contributed by atoms with Crippen molar-refractivity contribution >= 4 is 17.5 Å². The maximum Gasteiger partial charge on any atom is 0.263 e. The van der Waals surface area contributed by atoms with Gasteiger partial charge in [0.15, 0.2) is 5.60 Å². The number of halogens is 1. The molecule has 0 spiro atoms. The number of benzene rings is 2. The van der Waals surface area contributed by atoms with E-state index in [1.165, 1.54) is 0 Å². The molecule has 1 amide bonds. The second-order valence-electron chi connectivity index (χ2n) is 7.01. The fraction of sp³-hybridized carbons (Fsp3) is 0.217. The number of aromatic nitrogens is 1. The normalized spacial score (nSPS) is 11.0. The van der Waals surface area contributed by atoms with Crippen LogP contribution in [0.15, 0.2) is 72.9 Å². The highest BCUT2D eigenvalue weighted by atomic mass is 35.5. The van der Waals surface area contributed by atoms with Crippen molar-refractivity contribution in [2.24, 2.45) is 0 Å². The van der Waals surface area contributed by atoms with Crippen molar-refractivity contribution in [1.82, 2.24) is 10.3 Å². The fourth-order valence-corrected chi connectivity index (χ4v) is 2.75. The Hall–Kier alpha value is -3.05. The molecule has 0 aliphatic rings. The van der Waals surface area contributed by atoms with Crippen LogP contribution in [0.25, 0.3) is 0 Å². The van der Waals surface area contributed by atoms with Gasteiger partial charge in [0.25, 0.3) is 5.91 Å². The Balaban J connectivity index is 1.54. The fourth-order valence-electron chi connectivity index (χ4n) is 2.62. The van der Waals surface area contributed by atoms with Crippen LogP contribution in [-0.2, 0) is 17.9 Å². The lowest BCUT2D eigenvalue weighted by molar-refractivity contribution is -0.134. The van der Waals surface area contributed by atoms with E-state index in [0.717, 1.165) is 17.0 Å². The van der Waals surface area contributed by atoms with E-state index in [0.29, 0.717) is 23.9 Å². The van der Waals surface area contributed by atoms with E-state index in [1.54, 1.807) is 44.3 Å². The standard InChI is InChI=1S/C23H23ClN2O3/c1-23(2,29-20-11-9-18(24)10-12-20)22(27)26-15-17-6-5-8-21(14-17)28-16-19-7-3-4-13-25-19/h3-14H,15-16H2,1-2H3,(H,26,27). The lowest BCUT2D eigenvalue weighted by atomic mass is 10.1. The Morgan fingerprint density at radius 2 is 1.83 bits per heavy atom. The number of pyridine rings is 1. The topological polar surface area (TPSA) is 60.5 Å². The Kier molecular flexibility index (Phi) is 6.73. The van der Waals surface area contributed by atoms with E-state index in [-0.39, 0.29) is 5.91 Å². The van der Waals surface area contributed by atoms with Gasteiger partial charge in [-0.05, 0) is 67.9 Å². The van der Waals surface area contributed by atoms with Gasteiger partial charge in [0.05, 0.1) is 5.69 Å². The largest absolute Gasteiger partial charge is 0.487 e. The van der Waals surface area contributed by atoms with Gasteiger partial charge in [0.1, 0.15) is 18.1 Å². The number of carbonyl (C=O) groups is 1. The second kappa shape index (κ2) is 9.43. The summed E-state index contributed by atoms with van der Waals surface area (Å²) in [5, 5.41) is 3.53. The molecule has 0 radical (unpaired) electrons. The molecule has 29 heavy (non-hydrogen) atoms. The number of hydrogen-bond donors (Lipinski definition) is 1. The zero-order chi connectivity index (χ0) is 20.7. The Morgan fingerprint density at radius 1 is 1.03 bits per heavy atom. The molecule has 0 aliphatic heterocycles. The number of nitrogens with one attached hydrogen (secondary N) is 1. The highest BCUT2D eigenvalue weighted by Crippen LogP contribution is 2.21. The van der Waals surface area contributed by atoms with Crippen LogP contribution in [0.3, 0.4) is 0 Å². The lowest BCUT2D eigenvalue weighted by Gasteiger charge is -2.25. The summed E-state index contributed by atoms with van der Waals surface area (Å²) in [7, 11) is 0. The quantitative estimate of drug-likeness (QED) is 0.580. The average molecular weight is 411 g/mol. The highest BCUT2D eigenvalue weighted by molar-refractivity contribution is 6.30. The van der Waals surface area contributed by atoms with Gasteiger partial charge in [-0.3, -0.25) is 9.78 Å². The third-order valence-electron chi connectivity index (χ3n) is 4.20. The van der Waals surface area contributed by atoms with Crippen LogP contribution in [0.2, 0.25) is 5.02 Å². The molecule has 1 heterocycles. The summed E-state index contributed by atoms with van der Waals surface area (Å²) < 4.78 is 11.6. The number of nitrogens with zero attached hydrogens (tertiary/aromatic N) is 1. The SMILES string of the molecule is CC(C)(Oc1ccc(Cl)cc1)C(=O)NCc1cccc(OCc2ccccn2)c1. The Labute approximate surface area is 175 Å². The molecule has 0 saturated heterocycles. The van der Waals surface area contributed by atoms with Gasteiger partial charge in [0.2, 0.25) is 0 Å². The number of amides is 1. The van der Waals surface area contributed by atoms with Gasteiger partial charge in [0, 0.05) is 17.8 Å². The molecule has 0 bridgehead atoms. The number of carbonyl (C=O) groups excluding carboxylic acids is 1. The lowest BCUT2D eigenvalue weighted by Crippen LogP contribution is -2.46. The maximum absolute atomic E-state index is 12.6. The number of ether oxygens (including phenoxy) is 2. The van der Waals surface area contributed by atoms with Crippen LogP contribution in [0.4, 0.5) is 0 Å². The predicted molar refractivity (Wildman–Crippen MR) is 113 cm³/mol. The molecule has 0 saturated carbocycles. The first-order chi connectivity index (χ1) is 13.9. The molecule has 5 nitrogen and oxygen atoms in total.